The molecule has 21 heavy (non-hydrogen) atoms. The minimum Gasteiger partial charge on any atom is -0.480 e. The maximum atomic E-state index is 11.9. The molecule has 0 radical (unpaired) electrons. The molecule has 6 nitrogen and oxygen atoms in total. The van der Waals surface area contributed by atoms with Crippen molar-refractivity contribution in [3.63, 3.8) is 0 Å². The molecule has 0 aliphatic heterocycles. The van der Waals surface area contributed by atoms with E-state index < -0.39 is 11.5 Å². The summed E-state index contributed by atoms with van der Waals surface area (Å²) in [5.41, 5.74) is -0.823. The number of hydrogen-bond donors (Lipinski definition) is 2. The largest absolute Gasteiger partial charge is 0.480 e. The third-order valence-electron chi connectivity index (χ3n) is 4.20. The number of carboxylic acids is 1. The molecule has 6 heteroatoms. The highest BCUT2D eigenvalue weighted by Crippen LogP contribution is 2.40. The predicted octanol–water partition coefficient (Wildman–Crippen LogP) is 1.08. The first-order valence-corrected chi connectivity index (χ1v) is 7.62. The van der Waals surface area contributed by atoms with Crippen LogP contribution in [0.2, 0.25) is 0 Å². The van der Waals surface area contributed by atoms with Crippen LogP contribution in [-0.2, 0) is 18.4 Å². The van der Waals surface area contributed by atoms with Crippen LogP contribution in [-0.4, -0.2) is 51.2 Å². The molecule has 1 aliphatic carbocycles. The van der Waals surface area contributed by atoms with Crippen LogP contribution in [0.4, 0.5) is 0 Å². The SMILES string of the molecule is CCCNC(CN(C)Cc1nccn1C)(C(=O)O)C1CC1. The van der Waals surface area contributed by atoms with Gasteiger partial charge in [-0.2, -0.15) is 0 Å². The number of rotatable bonds is 9. The van der Waals surface area contributed by atoms with Gasteiger partial charge in [-0.15, -0.1) is 0 Å². The summed E-state index contributed by atoms with van der Waals surface area (Å²) < 4.78 is 1.97. The minimum atomic E-state index is -0.823. The smallest absolute Gasteiger partial charge is 0.325 e. The van der Waals surface area contributed by atoms with Gasteiger partial charge in [0.2, 0.25) is 0 Å². The molecule has 1 aromatic rings. The number of aromatic nitrogens is 2. The van der Waals surface area contributed by atoms with Crippen molar-refractivity contribution in [2.45, 2.75) is 38.3 Å². The molecule has 1 fully saturated rings. The maximum Gasteiger partial charge on any atom is 0.325 e. The van der Waals surface area contributed by atoms with Gasteiger partial charge in [0, 0.05) is 26.0 Å². The summed E-state index contributed by atoms with van der Waals surface area (Å²) in [7, 11) is 3.92. The molecule has 0 spiro atoms. The van der Waals surface area contributed by atoms with Gasteiger partial charge in [-0.3, -0.25) is 9.69 Å². The maximum absolute atomic E-state index is 11.9. The molecule has 1 unspecified atom stereocenters. The van der Waals surface area contributed by atoms with E-state index in [0.717, 1.165) is 31.6 Å². The summed E-state index contributed by atoms with van der Waals surface area (Å²) in [5.74, 6) is 0.457. The standard InChI is InChI=1S/C15H26N4O2/c1-4-7-17-15(14(20)21,12-5-6-12)11-18(2)10-13-16-8-9-19(13)3/h8-9,12,17H,4-7,10-11H2,1-3H3,(H,20,21). The first-order chi connectivity index (χ1) is 9.99. The molecule has 1 atom stereocenters. The number of aliphatic carboxylic acids is 1. The second-order valence-corrected chi connectivity index (χ2v) is 6.10. The Hall–Kier alpha value is -1.40. The van der Waals surface area contributed by atoms with E-state index in [9.17, 15) is 9.90 Å². The van der Waals surface area contributed by atoms with Gasteiger partial charge in [0.1, 0.15) is 11.4 Å². The molecule has 1 saturated carbocycles. The Balaban J connectivity index is 2.06. The molecule has 0 bridgehead atoms. The fourth-order valence-electron chi connectivity index (χ4n) is 2.84. The monoisotopic (exact) mass is 294 g/mol. The van der Waals surface area contributed by atoms with Gasteiger partial charge in [-0.25, -0.2) is 4.98 Å². The van der Waals surface area contributed by atoms with E-state index in [4.69, 9.17) is 0 Å². The van der Waals surface area contributed by atoms with Crippen LogP contribution in [0.15, 0.2) is 12.4 Å². The second-order valence-electron chi connectivity index (χ2n) is 6.10. The Morgan fingerprint density at radius 3 is 2.81 bits per heavy atom. The van der Waals surface area contributed by atoms with E-state index in [1.54, 1.807) is 6.20 Å². The van der Waals surface area contributed by atoms with Crippen LogP contribution in [0.3, 0.4) is 0 Å². The van der Waals surface area contributed by atoms with Gasteiger partial charge in [-0.05, 0) is 38.8 Å². The molecule has 1 heterocycles. The lowest BCUT2D eigenvalue weighted by Gasteiger charge is -2.34. The predicted molar refractivity (Wildman–Crippen MR) is 80.9 cm³/mol. The minimum absolute atomic E-state index is 0.241. The number of carboxylic acid groups (broad SMARTS) is 1. The Bertz CT molecular complexity index is 484. The van der Waals surface area contributed by atoms with Gasteiger partial charge in [0.05, 0.1) is 6.54 Å². The summed E-state index contributed by atoms with van der Waals surface area (Å²) >= 11 is 0. The normalized spacial score (nSPS) is 17.9. The highest BCUT2D eigenvalue weighted by molar-refractivity contribution is 5.80. The van der Waals surface area contributed by atoms with Crippen molar-refractivity contribution >= 4 is 5.97 Å². The number of imidazole rings is 1. The quantitative estimate of drug-likeness (QED) is 0.713. The van der Waals surface area contributed by atoms with Crippen LogP contribution >= 0.6 is 0 Å². The van der Waals surface area contributed by atoms with E-state index in [2.05, 4.69) is 22.1 Å². The second kappa shape index (κ2) is 6.58. The average Bonchev–Trinajstić information content (AvgIpc) is 3.20. The van der Waals surface area contributed by atoms with Crippen LogP contribution in [0, 0.1) is 5.92 Å². The molecule has 0 aromatic carbocycles. The van der Waals surface area contributed by atoms with Crippen molar-refractivity contribution < 1.29 is 9.90 Å². The molecule has 1 aliphatic rings. The zero-order valence-electron chi connectivity index (χ0n) is 13.2. The topological polar surface area (TPSA) is 70.4 Å². The highest BCUT2D eigenvalue weighted by atomic mass is 16.4. The molecule has 118 valence electrons. The van der Waals surface area contributed by atoms with Crippen LogP contribution in [0.25, 0.3) is 0 Å². The van der Waals surface area contributed by atoms with Gasteiger partial charge in [0.15, 0.2) is 0 Å². The Morgan fingerprint density at radius 1 is 1.62 bits per heavy atom. The zero-order chi connectivity index (χ0) is 15.5. The van der Waals surface area contributed by atoms with E-state index in [-0.39, 0.29) is 5.92 Å². The molecular weight excluding hydrogens is 268 g/mol. The van der Waals surface area contributed by atoms with E-state index >= 15 is 0 Å². The van der Waals surface area contributed by atoms with Crippen LogP contribution in [0.1, 0.15) is 32.0 Å². The Kier molecular flexibility index (Phi) is 5.00. The summed E-state index contributed by atoms with van der Waals surface area (Å²) in [4.78, 5) is 18.3. The van der Waals surface area contributed by atoms with E-state index in [0.29, 0.717) is 13.1 Å². The first-order valence-electron chi connectivity index (χ1n) is 7.62. The fourth-order valence-corrected chi connectivity index (χ4v) is 2.84. The van der Waals surface area contributed by atoms with Crippen molar-refractivity contribution in [3.8, 4) is 0 Å². The molecular formula is C15H26N4O2. The lowest BCUT2D eigenvalue weighted by Crippen LogP contribution is -2.60. The van der Waals surface area contributed by atoms with Gasteiger partial charge in [0.25, 0.3) is 0 Å². The zero-order valence-corrected chi connectivity index (χ0v) is 13.2. The average molecular weight is 294 g/mol. The number of aryl methyl sites for hydroxylation is 1. The van der Waals surface area contributed by atoms with Crippen molar-refractivity contribution in [1.82, 2.24) is 19.8 Å². The van der Waals surface area contributed by atoms with Crippen molar-refractivity contribution in [3.05, 3.63) is 18.2 Å². The number of likely N-dealkylation sites (N-methyl/N-ethyl adjacent to an activating group) is 1. The van der Waals surface area contributed by atoms with Crippen LogP contribution in [0.5, 0.6) is 0 Å². The fraction of sp³-hybridized carbons (Fsp3) is 0.733. The van der Waals surface area contributed by atoms with Crippen molar-refractivity contribution in [2.24, 2.45) is 13.0 Å². The number of nitrogens with one attached hydrogen (secondary N) is 1. The summed E-state index contributed by atoms with van der Waals surface area (Å²) in [6.07, 6.45) is 6.61. The number of nitrogens with zero attached hydrogens (tertiary/aromatic N) is 3. The molecule has 0 saturated heterocycles. The summed E-state index contributed by atoms with van der Waals surface area (Å²) in [6, 6.07) is 0. The lowest BCUT2D eigenvalue weighted by atomic mass is 9.92. The first kappa shape index (κ1) is 16.0. The number of hydrogen-bond acceptors (Lipinski definition) is 4. The van der Waals surface area contributed by atoms with Crippen LogP contribution < -0.4 is 5.32 Å². The van der Waals surface area contributed by atoms with Gasteiger partial charge >= 0.3 is 5.97 Å². The van der Waals surface area contributed by atoms with E-state index in [1.807, 2.05) is 24.9 Å². The van der Waals surface area contributed by atoms with Crippen molar-refractivity contribution in [1.29, 1.82) is 0 Å². The third kappa shape index (κ3) is 3.63. The molecule has 1 aromatic heterocycles. The summed E-state index contributed by atoms with van der Waals surface area (Å²) in [6.45, 7) is 3.95. The van der Waals surface area contributed by atoms with Gasteiger partial charge < -0.3 is 15.0 Å². The van der Waals surface area contributed by atoms with E-state index in [1.165, 1.54) is 0 Å². The van der Waals surface area contributed by atoms with Gasteiger partial charge in [-0.1, -0.05) is 6.92 Å². The Morgan fingerprint density at radius 2 is 2.33 bits per heavy atom. The molecule has 2 N–H and O–H groups in total. The highest BCUT2D eigenvalue weighted by Gasteiger charge is 2.51. The Labute approximate surface area is 126 Å². The number of carbonyl (C=O) groups is 1. The molecule has 0 amide bonds. The van der Waals surface area contributed by atoms with Crippen molar-refractivity contribution in [2.75, 3.05) is 20.1 Å². The lowest BCUT2D eigenvalue weighted by molar-refractivity contribution is -0.147. The summed E-state index contributed by atoms with van der Waals surface area (Å²) in [5, 5.41) is 13.1. The third-order valence-corrected chi connectivity index (χ3v) is 4.20. The molecule has 2 rings (SSSR count).